The van der Waals surface area contributed by atoms with Gasteiger partial charge in [-0.1, -0.05) is 19.8 Å². The molecule has 0 saturated heterocycles. The van der Waals surface area contributed by atoms with Crippen LogP contribution in [0.3, 0.4) is 0 Å². The zero-order chi connectivity index (χ0) is 12.8. The van der Waals surface area contributed by atoms with Gasteiger partial charge in [-0.05, 0) is 6.42 Å². The fourth-order valence-electron chi connectivity index (χ4n) is 1.16. The van der Waals surface area contributed by atoms with E-state index < -0.39 is 23.4 Å². The topological polar surface area (TPSA) is 87.2 Å². The van der Waals surface area contributed by atoms with E-state index in [1.807, 2.05) is 6.92 Å². The second-order valence-corrected chi connectivity index (χ2v) is 3.45. The summed E-state index contributed by atoms with van der Waals surface area (Å²) in [4.78, 5) is 25.8. The van der Waals surface area contributed by atoms with E-state index >= 15 is 0 Å². The van der Waals surface area contributed by atoms with Crippen molar-refractivity contribution in [1.29, 1.82) is 0 Å². The average molecular weight is 243 g/mol. The number of carbonyl (C=O) groups is 1. The van der Waals surface area contributed by atoms with Crippen molar-refractivity contribution < 1.29 is 13.9 Å². The second-order valence-electron chi connectivity index (χ2n) is 3.45. The Morgan fingerprint density at radius 2 is 2.29 bits per heavy atom. The monoisotopic (exact) mass is 243 g/mol. The lowest BCUT2D eigenvalue weighted by atomic mass is 10.3. The molecular weight excluding hydrogens is 229 g/mol. The highest BCUT2D eigenvalue weighted by atomic mass is 19.1. The number of anilines is 1. The molecule has 94 valence electrons. The summed E-state index contributed by atoms with van der Waals surface area (Å²) < 4.78 is 18.2. The molecule has 2 N–H and O–H groups in total. The van der Waals surface area contributed by atoms with Gasteiger partial charge in [0.2, 0.25) is 0 Å². The van der Waals surface area contributed by atoms with E-state index in [2.05, 4.69) is 4.98 Å². The summed E-state index contributed by atoms with van der Waals surface area (Å²) in [6.45, 7) is 2.19. The summed E-state index contributed by atoms with van der Waals surface area (Å²) in [7, 11) is 0. The minimum absolute atomic E-state index is 0.186. The highest BCUT2D eigenvalue weighted by Crippen LogP contribution is 2.02. The summed E-state index contributed by atoms with van der Waals surface area (Å²) in [5.74, 6) is -1.47. The summed E-state index contributed by atoms with van der Waals surface area (Å²) in [5.41, 5.74) is 4.12. The number of carbonyl (C=O) groups excluding carboxylic acids is 1. The van der Waals surface area contributed by atoms with Crippen molar-refractivity contribution in [2.45, 2.75) is 26.2 Å². The number of hydrogen-bond acceptors (Lipinski definition) is 5. The van der Waals surface area contributed by atoms with Crippen LogP contribution < -0.4 is 11.4 Å². The molecule has 17 heavy (non-hydrogen) atoms. The van der Waals surface area contributed by atoms with Gasteiger partial charge in [0.1, 0.15) is 0 Å². The number of hydrogen-bond donors (Lipinski definition) is 1. The molecule has 0 aliphatic carbocycles. The first-order valence-corrected chi connectivity index (χ1v) is 5.28. The van der Waals surface area contributed by atoms with Crippen LogP contribution in [0.1, 0.15) is 26.2 Å². The highest BCUT2D eigenvalue weighted by molar-refractivity contribution is 5.70. The number of nitrogen functional groups attached to an aromatic ring is 1. The van der Waals surface area contributed by atoms with E-state index in [1.165, 1.54) is 0 Å². The van der Waals surface area contributed by atoms with Crippen LogP contribution in [0.15, 0.2) is 11.0 Å². The van der Waals surface area contributed by atoms with E-state index in [-0.39, 0.29) is 6.61 Å². The van der Waals surface area contributed by atoms with Crippen molar-refractivity contribution in [3.63, 3.8) is 0 Å². The van der Waals surface area contributed by atoms with Gasteiger partial charge in [-0.15, -0.1) is 0 Å². The minimum Gasteiger partial charge on any atom is -0.449 e. The standard InChI is InChI=1S/C10H14FN3O3/c1-2-3-4-5-17-10(16)14-6-7(11)8(12)13-9(14)15/h6H,2-5H2,1H3,(H2,12,13,15). The van der Waals surface area contributed by atoms with Gasteiger partial charge in [0.05, 0.1) is 12.8 Å². The lowest BCUT2D eigenvalue weighted by molar-refractivity contribution is 0.144. The molecule has 0 bridgehead atoms. The number of ether oxygens (including phenoxy) is 1. The van der Waals surface area contributed by atoms with Crippen LogP contribution in [0.25, 0.3) is 0 Å². The molecule has 1 heterocycles. The van der Waals surface area contributed by atoms with Crippen LogP contribution in [0, 0.1) is 5.82 Å². The van der Waals surface area contributed by atoms with Gasteiger partial charge in [0, 0.05) is 0 Å². The Balaban J connectivity index is 2.69. The minimum atomic E-state index is -0.954. The van der Waals surface area contributed by atoms with Crippen LogP contribution in [0.4, 0.5) is 15.0 Å². The van der Waals surface area contributed by atoms with Crippen molar-refractivity contribution in [2.24, 2.45) is 0 Å². The average Bonchev–Trinajstić information content (AvgIpc) is 2.29. The molecule has 0 amide bonds. The third-order valence-corrected chi connectivity index (χ3v) is 2.08. The molecule has 0 radical (unpaired) electrons. The first-order valence-electron chi connectivity index (χ1n) is 5.28. The fraction of sp³-hybridized carbons (Fsp3) is 0.500. The van der Waals surface area contributed by atoms with Crippen molar-refractivity contribution in [3.8, 4) is 0 Å². The van der Waals surface area contributed by atoms with E-state index in [9.17, 15) is 14.0 Å². The maximum absolute atomic E-state index is 13.0. The molecule has 0 aromatic carbocycles. The Morgan fingerprint density at radius 3 is 2.94 bits per heavy atom. The fourth-order valence-corrected chi connectivity index (χ4v) is 1.16. The van der Waals surface area contributed by atoms with E-state index in [4.69, 9.17) is 10.5 Å². The van der Waals surface area contributed by atoms with Gasteiger partial charge in [-0.3, -0.25) is 0 Å². The number of aromatic nitrogens is 2. The lowest BCUT2D eigenvalue weighted by Crippen LogP contribution is -2.31. The third-order valence-electron chi connectivity index (χ3n) is 2.08. The van der Waals surface area contributed by atoms with Crippen molar-refractivity contribution >= 4 is 11.9 Å². The zero-order valence-electron chi connectivity index (χ0n) is 9.48. The predicted molar refractivity (Wildman–Crippen MR) is 59.1 cm³/mol. The number of unbranched alkanes of at least 4 members (excludes halogenated alkanes) is 2. The van der Waals surface area contributed by atoms with Gasteiger partial charge in [0.15, 0.2) is 11.6 Å². The Kier molecular flexibility index (Phi) is 4.62. The highest BCUT2D eigenvalue weighted by Gasteiger charge is 2.12. The van der Waals surface area contributed by atoms with E-state index in [0.29, 0.717) is 17.2 Å². The molecule has 0 atom stereocenters. The first-order chi connectivity index (χ1) is 8.06. The molecular formula is C10H14FN3O3. The molecule has 0 saturated carbocycles. The zero-order valence-corrected chi connectivity index (χ0v) is 9.48. The lowest BCUT2D eigenvalue weighted by Gasteiger charge is -2.06. The molecule has 0 aliphatic heterocycles. The quantitative estimate of drug-likeness (QED) is 0.801. The van der Waals surface area contributed by atoms with Crippen molar-refractivity contribution in [1.82, 2.24) is 9.55 Å². The number of rotatable bonds is 4. The van der Waals surface area contributed by atoms with Gasteiger partial charge in [-0.2, -0.15) is 9.55 Å². The second kappa shape index (κ2) is 5.97. The van der Waals surface area contributed by atoms with Gasteiger partial charge in [0.25, 0.3) is 0 Å². The molecule has 6 nitrogen and oxygen atoms in total. The summed E-state index contributed by atoms with van der Waals surface area (Å²) >= 11 is 0. The summed E-state index contributed by atoms with van der Waals surface area (Å²) in [6.07, 6.45) is 2.32. The Labute approximate surface area is 97.2 Å². The number of nitrogens with zero attached hydrogens (tertiary/aromatic N) is 2. The molecule has 1 aromatic heterocycles. The third kappa shape index (κ3) is 3.54. The molecule has 1 rings (SSSR count). The van der Waals surface area contributed by atoms with Crippen LogP contribution in [-0.4, -0.2) is 22.3 Å². The van der Waals surface area contributed by atoms with Crippen molar-refractivity contribution in [3.05, 3.63) is 22.5 Å². The molecule has 0 fully saturated rings. The normalized spacial score (nSPS) is 10.2. The maximum Gasteiger partial charge on any atom is 0.422 e. The molecule has 0 aliphatic rings. The SMILES string of the molecule is CCCCCOC(=O)n1cc(F)c(N)nc1=O. The Bertz CT molecular complexity index is 459. The van der Waals surface area contributed by atoms with Gasteiger partial charge in [-0.25, -0.2) is 14.0 Å². The number of nitrogens with two attached hydrogens (primary N) is 1. The largest absolute Gasteiger partial charge is 0.449 e. The Hall–Kier alpha value is -1.92. The Morgan fingerprint density at radius 1 is 1.59 bits per heavy atom. The van der Waals surface area contributed by atoms with Crippen LogP contribution in [0.5, 0.6) is 0 Å². The summed E-state index contributed by atoms with van der Waals surface area (Å²) in [5, 5.41) is 0. The smallest absolute Gasteiger partial charge is 0.422 e. The van der Waals surface area contributed by atoms with E-state index in [1.54, 1.807) is 0 Å². The molecule has 7 heteroatoms. The van der Waals surface area contributed by atoms with Crippen LogP contribution in [-0.2, 0) is 4.74 Å². The van der Waals surface area contributed by atoms with Crippen molar-refractivity contribution in [2.75, 3.05) is 12.3 Å². The summed E-state index contributed by atoms with van der Waals surface area (Å²) in [6, 6.07) is 0. The van der Waals surface area contributed by atoms with Crippen LogP contribution in [0.2, 0.25) is 0 Å². The van der Waals surface area contributed by atoms with Gasteiger partial charge >= 0.3 is 11.8 Å². The predicted octanol–water partition coefficient (Wildman–Crippen LogP) is 1.14. The molecule has 0 spiro atoms. The maximum atomic E-state index is 13.0. The first kappa shape index (κ1) is 13.1. The van der Waals surface area contributed by atoms with Crippen LogP contribution >= 0.6 is 0 Å². The van der Waals surface area contributed by atoms with Gasteiger partial charge < -0.3 is 10.5 Å². The molecule has 1 aromatic rings. The number of halogens is 1. The van der Waals surface area contributed by atoms with E-state index in [0.717, 1.165) is 12.8 Å². The molecule has 0 unspecified atom stereocenters.